The summed E-state index contributed by atoms with van der Waals surface area (Å²) in [5.41, 5.74) is 2.22. The van der Waals surface area contributed by atoms with E-state index in [2.05, 4.69) is 31.2 Å². The van der Waals surface area contributed by atoms with Crippen LogP contribution in [-0.4, -0.2) is 22.4 Å². The van der Waals surface area contributed by atoms with Crippen molar-refractivity contribution < 1.29 is 0 Å². The Morgan fingerprint density at radius 2 is 2.10 bits per heavy atom. The lowest BCUT2D eigenvalue weighted by atomic mass is 9.92. The molecule has 1 fully saturated rings. The number of nitrogens with one attached hydrogen (secondary N) is 1. The molecule has 2 rings (SSSR count). The largest absolute Gasteiger partial charge is 0.314 e. The van der Waals surface area contributed by atoms with Crippen molar-refractivity contribution in [2.45, 2.75) is 65.3 Å². The predicted octanol–water partition coefficient (Wildman–Crippen LogP) is 3.98. The molecule has 1 aromatic rings. The summed E-state index contributed by atoms with van der Waals surface area (Å²) in [6.07, 6.45) is 7.33. The van der Waals surface area contributed by atoms with E-state index in [0.29, 0.717) is 6.04 Å². The fourth-order valence-corrected chi connectivity index (χ4v) is 4.14. The van der Waals surface area contributed by atoms with Crippen molar-refractivity contribution in [2.75, 3.05) is 6.54 Å². The van der Waals surface area contributed by atoms with Crippen LogP contribution >= 0.6 is 11.6 Å². The molecule has 0 amide bonds. The molecule has 1 aliphatic carbocycles. The summed E-state index contributed by atoms with van der Waals surface area (Å²) in [6.45, 7) is 7.65. The summed E-state index contributed by atoms with van der Waals surface area (Å²) in [5, 5.41) is 9.14. The van der Waals surface area contributed by atoms with Crippen LogP contribution in [0.15, 0.2) is 0 Å². The van der Waals surface area contributed by atoms with Crippen LogP contribution in [-0.2, 0) is 19.9 Å². The third-order valence-electron chi connectivity index (χ3n) is 5.11. The van der Waals surface area contributed by atoms with Gasteiger partial charge in [-0.2, -0.15) is 5.10 Å². The average molecular weight is 312 g/mol. The first-order chi connectivity index (χ1) is 10.1. The van der Waals surface area contributed by atoms with E-state index in [4.69, 9.17) is 11.6 Å². The summed E-state index contributed by atoms with van der Waals surface area (Å²) in [7, 11) is 2.02. The second-order valence-corrected chi connectivity index (χ2v) is 6.78. The van der Waals surface area contributed by atoms with Crippen molar-refractivity contribution in [3.63, 3.8) is 0 Å². The number of hydrogen-bond donors (Lipinski definition) is 1. The molecule has 3 unspecified atom stereocenters. The van der Waals surface area contributed by atoms with Crippen molar-refractivity contribution in [3.05, 3.63) is 16.4 Å². The molecule has 1 N–H and O–H groups in total. The number of rotatable bonds is 7. The topological polar surface area (TPSA) is 29.9 Å². The molecule has 0 aromatic carbocycles. The smallest absolute Gasteiger partial charge is 0.0850 e. The minimum Gasteiger partial charge on any atom is -0.314 e. The first-order valence-electron chi connectivity index (χ1n) is 8.54. The number of nitrogens with zero attached hydrogens (tertiary/aromatic N) is 2. The van der Waals surface area contributed by atoms with Gasteiger partial charge in [0.05, 0.1) is 16.4 Å². The van der Waals surface area contributed by atoms with Crippen molar-refractivity contribution in [1.29, 1.82) is 0 Å². The van der Waals surface area contributed by atoms with Crippen LogP contribution in [0, 0.1) is 11.8 Å². The lowest BCUT2D eigenvalue weighted by molar-refractivity contribution is 0.344. The fraction of sp³-hybridized carbons (Fsp3) is 0.824. The number of aryl methyl sites for hydroxylation is 2. The first-order valence-corrected chi connectivity index (χ1v) is 8.91. The standard InChI is InChI=1S/C17H30ClN3/c1-5-12-8-9-13(10-12)15(19-7-3)11-16-17(18)14(6-2)20-21(16)4/h12-13,15,19H,5-11H2,1-4H3. The normalized spacial score (nSPS) is 23.7. The third kappa shape index (κ3) is 3.81. The maximum Gasteiger partial charge on any atom is 0.0850 e. The maximum atomic E-state index is 6.53. The van der Waals surface area contributed by atoms with Crippen LogP contribution in [0.1, 0.15) is 57.8 Å². The molecule has 0 spiro atoms. The van der Waals surface area contributed by atoms with Gasteiger partial charge in [-0.05, 0) is 37.6 Å². The molecule has 1 aromatic heterocycles. The van der Waals surface area contributed by atoms with Gasteiger partial charge in [-0.25, -0.2) is 0 Å². The van der Waals surface area contributed by atoms with Crippen LogP contribution in [0.25, 0.3) is 0 Å². The maximum absolute atomic E-state index is 6.53. The summed E-state index contributed by atoms with van der Waals surface area (Å²) < 4.78 is 1.98. The molecule has 0 bridgehead atoms. The van der Waals surface area contributed by atoms with Gasteiger partial charge in [-0.3, -0.25) is 4.68 Å². The first kappa shape index (κ1) is 16.8. The Morgan fingerprint density at radius 3 is 2.62 bits per heavy atom. The van der Waals surface area contributed by atoms with Crippen LogP contribution in [0.2, 0.25) is 5.02 Å². The van der Waals surface area contributed by atoms with Gasteiger partial charge < -0.3 is 5.32 Å². The molecule has 0 radical (unpaired) electrons. The van der Waals surface area contributed by atoms with Gasteiger partial charge in [-0.1, -0.05) is 45.2 Å². The molecular weight excluding hydrogens is 282 g/mol. The van der Waals surface area contributed by atoms with Gasteiger partial charge in [0, 0.05) is 19.5 Å². The Labute approximate surface area is 134 Å². The number of hydrogen-bond acceptors (Lipinski definition) is 2. The highest BCUT2D eigenvalue weighted by atomic mass is 35.5. The van der Waals surface area contributed by atoms with Gasteiger partial charge >= 0.3 is 0 Å². The summed E-state index contributed by atoms with van der Waals surface area (Å²) in [6, 6.07) is 0.532. The highest BCUT2D eigenvalue weighted by Crippen LogP contribution is 2.36. The molecule has 4 heteroatoms. The molecule has 1 aliphatic rings. The van der Waals surface area contributed by atoms with Gasteiger partial charge in [0.1, 0.15) is 0 Å². The molecule has 0 aliphatic heterocycles. The van der Waals surface area contributed by atoms with Gasteiger partial charge in [0.15, 0.2) is 0 Å². The predicted molar refractivity (Wildman–Crippen MR) is 89.9 cm³/mol. The zero-order valence-corrected chi connectivity index (χ0v) is 14.7. The fourth-order valence-electron chi connectivity index (χ4n) is 3.77. The van der Waals surface area contributed by atoms with E-state index in [1.54, 1.807) is 0 Å². The highest BCUT2D eigenvalue weighted by molar-refractivity contribution is 6.31. The minimum absolute atomic E-state index is 0.532. The van der Waals surface area contributed by atoms with E-state index in [-0.39, 0.29) is 0 Å². The van der Waals surface area contributed by atoms with Gasteiger partial charge in [0.25, 0.3) is 0 Å². The number of aromatic nitrogens is 2. The Morgan fingerprint density at radius 1 is 1.33 bits per heavy atom. The van der Waals surface area contributed by atoms with E-state index in [0.717, 1.165) is 41.9 Å². The Kier molecular flexibility index (Phi) is 6.12. The summed E-state index contributed by atoms with van der Waals surface area (Å²) in [4.78, 5) is 0. The van der Waals surface area contributed by atoms with Gasteiger partial charge in [-0.15, -0.1) is 0 Å². The molecule has 3 atom stereocenters. The van der Waals surface area contributed by atoms with E-state index >= 15 is 0 Å². The van der Waals surface area contributed by atoms with Crippen LogP contribution < -0.4 is 5.32 Å². The van der Waals surface area contributed by atoms with E-state index < -0.39 is 0 Å². The zero-order chi connectivity index (χ0) is 15.4. The molecule has 1 saturated carbocycles. The average Bonchev–Trinajstić information content (AvgIpc) is 3.05. The Bertz CT molecular complexity index is 455. The van der Waals surface area contributed by atoms with E-state index in [1.165, 1.54) is 31.4 Å². The number of likely N-dealkylation sites (N-methyl/N-ethyl adjacent to an activating group) is 1. The molecular formula is C17H30ClN3. The third-order valence-corrected chi connectivity index (χ3v) is 5.55. The van der Waals surface area contributed by atoms with Crippen molar-refractivity contribution in [2.24, 2.45) is 18.9 Å². The van der Waals surface area contributed by atoms with E-state index in [9.17, 15) is 0 Å². The number of halogens is 1. The second kappa shape index (κ2) is 7.64. The highest BCUT2D eigenvalue weighted by Gasteiger charge is 2.31. The monoisotopic (exact) mass is 311 g/mol. The second-order valence-electron chi connectivity index (χ2n) is 6.40. The van der Waals surface area contributed by atoms with E-state index in [1.807, 2.05) is 11.7 Å². The Balaban J connectivity index is 2.11. The minimum atomic E-state index is 0.532. The summed E-state index contributed by atoms with van der Waals surface area (Å²) >= 11 is 6.53. The SMILES string of the molecule is CCNC(Cc1c(Cl)c(CC)nn1C)C1CCC(CC)C1. The van der Waals surface area contributed by atoms with Crippen molar-refractivity contribution >= 4 is 11.6 Å². The molecule has 21 heavy (non-hydrogen) atoms. The lowest BCUT2D eigenvalue weighted by Crippen LogP contribution is -2.37. The van der Waals surface area contributed by atoms with Gasteiger partial charge in [0.2, 0.25) is 0 Å². The molecule has 3 nitrogen and oxygen atoms in total. The van der Waals surface area contributed by atoms with Crippen LogP contribution in [0.3, 0.4) is 0 Å². The molecule has 120 valence electrons. The van der Waals surface area contributed by atoms with Crippen molar-refractivity contribution in [1.82, 2.24) is 15.1 Å². The lowest BCUT2D eigenvalue weighted by Gasteiger charge is -2.25. The quantitative estimate of drug-likeness (QED) is 0.825. The van der Waals surface area contributed by atoms with Crippen LogP contribution in [0.5, 0.6) is 0 Å². The molecule has 0 saturated heterocycles. The zero-order valence-electron chi connectivity index (χ0n) is 14.0. The van der Waals surface area contributed by atoms with Crippen LogP contribution in [0.4, 0.5) is 0 Å². The summed E-state index contributed by atoms with van der Waals surface area (Å²) in [5.74, 6) is 1.70. The van der Waals surface area contributed by atoms with Crippen molar-refractivity contribution in [3.8, 4) is 0 Å². The Hall–Kier alpha value is -0.540. The molecule has 1 heterocycles.